The molecule has 4 saturated heterocycles. The van der Waals surface area contributed by atoms with Gasteiger partial charge in [-0.25, -0.2) is 0 Å². The van der Waals surface area contributed by atoms with Crippen molar-refractivity contribution in [3.05, 3.63) is 35.4 Å². The van der Waals surface area contributed by atoms with Crippen molar-refractivity contribution >= 4 is 5.91 Å². The first-order chi connectivity index (χ1) is 11.7. The van der Waals surface area contributed by atoms with Crippen molar-refractivity contribution in [3.8, 4) is 0 Å². The smallest absolute Gasteiger partial charge is 0.231 e. The molecule has 4 heterocycles. The third-order valence-electron chi connectivity index (χ3n) is 6.36. The highest BCUT2D eigenvalue weighted by Gasteiger charge is 2.44. The first kappa shape index (κ1) is 16.1. The molecule has 4 heteroatoms. The molecule has 1 aromatic carbocycles. The molecule has 4 fully saturated rings. The van der Waals surface area contributed by atoms with E-state index in [-0.39, 0.29) is 5.91 Å². The summed E-state index contributed by atoms with van der Waals surface area (Å²) in [5.41, 5.74) is 1.96. The number of piperidine rings is 3. The summed E-state index contributed by atoms with van der Waals surface area (Å²) >= 11 is 0. The molecule has 24 heavy (non-hydrogen) atoms. The van der Waals surface area contributed by atoms with Crippen LogP contribution in [0.15, 0.2) is 24.3 Å². The molecule has 4 aliphatic rings. The molecule has 0 aliphatic carbocycles. The highest BCUT2D eigenvalue weighted by molar-refractivity contribution is 5.88. The number of amides is 1. The number of benzene rings is 1. The molecule has 5 rings (SSSR count). The van der Waals surface area contributed by atoms with Gasteiger partial charge in [-0.05, 0) is 57.2 Å². The molecule has 4 aliphatic heterocycles. The Labute approximate surface area is 144 Å². The van der Waals surface area contributed by atoms with Gasteiger partial charge in [0.1, 0.15) is 0 Å². The van der Waals surface area contributed by atoms with Gasteiger partial charge < -0.3 is 15.0 Å². The molecular formula is C20H28N2O2. The fourth-order valence-corrected chi connectivity index (χ4v) is 4.67. The van der Waals surface area contributed by atoms with Gasteiger partial charge in [-0.3, -0.25) is 4.79 Å². The number of nitrogens with zero attached hydrogens (tertiary/aromatic N) is 1. The molecule has 1 unspecified atom stereocenters. The molecular weight excluding hydrogens is 300 g/mol. The maximum atomic E-state index is 13.4. The van der Waals surface area contributed by atoms with Crippen LogP contribution >= 0.6 is 0 Å². The lowest BCUT2D eigenvalue weighted by Gasteiger charge is -2.46. The Kier molecular flexibility index (Phi) is 4.35. The molecule has 0 spiro atoms. The van der Waals surface area contributed by atoms with E-state index in [4.69, 9.17) is 4.74 Å². The van der Waals surface area contributed by atoms with Crippen LogP contribution in [0.2, 0.25) is 0 Å². The van der Waals surface area contributed by atoms with E-state index in [9.17, 15) is 4.79 Å². The zero-order valence-corrected chi connectivity index (χ0v) is 14.6. The Bertz CT molecular complexity index is 584. The van der Waals surface area contributed by atoms with Crippen molar-refractivity contribution in [2.24, 2.45) is 5.92 Å². The lowest BCUT2D eigenvalue weighted by atomic mass is 9.72. The van der Waals surface area contributed by atoms with Crippen LogP contribution in [0.25, 0.3) is 0 Å². The van der Waals surface area contributed by atoms with Gasteiger partial charge in [-0.15, -0.1) is 0 Å². The van der Waals surface area contributed by atoms with E-state index >= 15 is 0 Å². The van der Waals surface area contributed by atoms with Crippen LogP contribution in [0.4, 0.5) is 0 Å². The number of ether oxygens (including phenoxy) is 1. The summed E-state index contributed by atoms with van der Waals surface area (Å²) in [5.74, 6) is 0.877. The second kappa shape index (κ2) is 6.49. The minimum Gasteiger partial charge on any atom is -0.381 e. The van der Waals surface area contributed by atoms with Crippen molar-refractivity contribution in [3.63, 3.8) is 0 Å². The summed E-state index contributed by atoms with van der Waals surface area (Å²) < 4.78 is 5.57. The summed E-state index contributed by atoms with van der Waals surface area (Å²) in [7, 11) is 0. The Morgan fingerprint density at radius 2 is 1.83 bits per heavy atom. The van der Waals surface area contributed by atoms with E-state index < -0.39 is 5.41 Å². The lowest BCUT2D eigenvalue weighted by molar-refractivity contribution is -0.132. The minimum absolute atomic E-state index is 0.216. The van der Waals surface area contributed by atoms with Crippen LogP contribution in [0.5, 0.6) is 0 Å². The number of nitrogens with one attached hydrogen (secondary N) is 1. The van der Waals surface area contributed by atoms with E-state index in [1.54, 1.807) is 0 Å². The third-order valence-corrected chi connectivity index (χ3v) is 6.36. The number of carbonyl (C=O) groups excluding carboxylic acids is 1. The number of aryl methyl sites for hydroxylation is 1. The van der Waals surface area contributed by atoms with Crippen molar-refractivity contribution in [1.82, 2.24) is 10.2 Å². The average Bonchev–Trinajstić information content (AvgIpc) is 2.64. The lowest BCUT2D eigenvalue weighted by Crippen LogP contribution is -2.60. The van der Waals surface area contributed by atoms with Crippen LogP contribution in [0.1, 0.15) is 36.8 Å². The van der Waals surface area contributed by atoms with E-state index in [0.29, 0.717) is 25.2 Å². The maximum Gasteiger partial charge on any atom is 0.231 e. The van der Waals surface area contributed by atoms with Crippen LogP contribution in [0, 0.1) is 12.8 Å². The third kappa shape index (κ3) is 2.86. The van der Waals surface area contributed by atoms with Gasteiger partial charge in [0.05, 0.1) is 5.41 Å². The molecule has 4 nitrogen and oxygen atoms in total. The number of carbonyl (C=O) groups is 1. The van der Waals surface area contributed by atoms with Crippen molar-refractivity contribution in [2.75, 3.05) is 32.8 Å². The van der Waals surface area contributed by atoms with Crippen molar-refractivity contribution in [2.45, 2.75) is 44.1 Å². The Balaban J connectivity index is 1.56. The van der Waals surface area contributed by atoms with Gasteiger partial charge in [0.2, 0.25) is 5.91 Å². The summed E-state index contributed by atoms with van der Waals surface area (Å²) in [5, 5.41) is 3.44. The van der Waals surface area contributed by atoms with E-state index in [1.807, 2.05) is 0 Å². The van der Waals surface area contributed by atoms with Crippen LogP contribution in [-0.2, 0) is 14.9 Å². The second-order valence-corrected chi connectivity index (χ2v) is 7.78. The Morgan fingerprint density at radius 3 is 2.42 bits per heavy atom. The average molecular weight is 328 g/mol. The summed E-state index contributed by atoms with van der Waals surface area (Å²) in [6, 6.07) is 8.83. The van der Waals surface area contributed by atoms with Crippen molar-refractivity contribution < 1.29 is 9.53 Å². The molecule has 1 atom stereocenters. The Morgan fingerprint density at radius 1 is 1.17 bits per heavy atom. The fraction of sp³-hybridized carbons (Fsp3) is 0.650. The van der Waals surface area contributed by atoms with E-state index in [1.165, 1.54) is 31.5 Å². The van der Waals surface area contributed by atoms with E-state index in [2.05, 4.69) is 41.4 Å². The summed E-state index contributed by atoms with van der Waals surface area (Å²) in [6.45, 7) is 6.86. The highest BCUT2D eigenvalue weighted by atomic mass is 16.5. The Hall–Kier alpha value is -1.39. The molecule has 1 N–H and O–H groups in total. The fourth-order valence-electron chi connectivity index (χ4n) is 4.67. The summed E-state index contributed by atoms with van der Waals surface area (Å²) in [4.78, 5) is 15.9. The summed E-state index contributed by atoms with van der Waals surface area (Å²) in [6.07, 6.45) is 4.02. The molecule has 2 bridgehead atoms. The maximum absolute atomic E-state index is 13.4. The van der Waals surface area contributed by atoms with E-state index in [0.717, 1.165) is 24.9 Å². The number of hydrogen-bond acceptors (Lipinski definition) is 3. The topological polar surface area (TPSA) is 41.6 Å². The predicted octanol–water partition coefficient (Wildman–Crippen LogP) is 2.25. The van der Waals surface area contributed by atoms with Gasteiger partial charge in [-0.1, -0.05) is 29.8 Å². The standard InChI is InChI=1S/C20H28N2O2/c1-15-2-4-17(5-3-15)20(8-12-24-13-9-20)19(23)21-18-14-22-10-6-16(18)7-11-22/h2-5,16,18H,6-14H2,1H3,(H,21,23). The van der Waals surface area contributed by atoms with Crippen LogP contribution in [-0.4, -0.2) is 49.7 Å². The molecule has 0 radical (unpaired) electrons. The number of fused-ring (bicyclic) bond motifs is 3. The van der Waals surface area contributed by atoms with Crippen molar-refractivity contribution in [1.29, 1.82) is 0 Å². The number of rotatable bonds is 3. The second-order valence-electron chi connectivity index (χ2n) is 7.78. The minimum atomic E-state index is -0.419. The SMILES string of the molecule is Cc1ccc(C2(C(=O)NC3CN4CCC3CC4)CCOCC2)cc1. The van der Waals surface area contributed by atoms with Gasteiger partial charge in [-0.2, -0.15) is 0 Å². The zero-order valence-electron chi connectivity index (χ0n) is 14.6. The molecule has 1 amide bonds. The van der Waals surface area contributed by atoms with Crippen LogP contribution in [0.3, 0.4) is 0 Å². The zero-order chi connectivity index (χ0) is 16.6. The first-order valence-corrected chi connectivity index (χ1v) is 9.36. The monoisotopic (exact) mass is 328 g/mol. The first-order valence-electron chi connectivity index (χ1n) is 9.36. The highest BCUT2D eigenvalue weighted by Crippen LogP contribution is 2.36. The quantitative estimate of drug-likeness (QED) is 0.925. The molecule has 130 valence electrons. The van der Waals surface area contributed by atoms with Gasteiger partial charge in [0, 0.05) is 25.8 Å². The van der Waals surface area contributed by atoms with Crippen LogP contribution < -0.4 is 5.32 Å². The molecule has 0 saturated carbocycles. The normalized spacial score (nSPS) is 31.6. The molecule has 0 aromatic heterocycles. The predicted molar refractivity (Wildman–Crippen MR) is 94.0 cm³/mol. The number of hydrogen-bond donors (Lipinski definition) is 1. The molecule has 1 aromatic rings. The van der Waals surface area contributed by atoms with Gasteiger partial charge in [0.25, 0.3) is 0 Å². The largest absolute Gasteiger partial charge is 0.381 e. The van der Waals surface area contributed by atoms with Gasteiger partial charge >= 0.3 is 0 Å². The van der Waals surface area contributed by atoms with Gasteiger partial charge in [0.15, 0.2) is 0 Å².